The van der Waals surface area contributed by atoms with Gasteiger partial charge in [-0.05, 0) is 30.7 Å². The molecule has 0 heterocycles. The predicted octanol–water partition coefficient (Wildman–Crippen LogP) is 3.96. The summed E-state index contributed by atoms with van der Waals surface area (Å²) in [6.45, 7) is 1.45. The van der Waals surface area contributed by atoms with Crippen LogP contribution in [0.2, 0.25) is 5.02 Å². The second-order valence-corrected chi connectivity index (χ2v) is 6.11. The first kappa shape index (κ1) is 19.8. The summed E-state index contributed by atoms with van der Waals surface area (Å²) in [5.74, 6) is -1.17. The molecule has 0 bridgehead atoms. The summed E-state index contributed by atoms with van der Waals surface area (Å²) in [4.78, 5) is 23.7. The molecule has 138 valence electrons. The molecule has 0 aliphatic heterocycles. The maximum absolute atomic E-state index is 13.0. The summed E-state index contributed by atoms with van der Waals surface area (Å²) >= 11 is 5.58. The summed E-state index contributed by atoms with van der Waals surface area (Å²) in [6, 6.07) is 10.3. The van der Waals surface area contributed by atoms with E-state index in [2.05, 4.69) is 10.6 Å². The number of benzene rings is 2. The number of carbonyl (C=O) groups excluding carboxylic acids is 2. The Morgan fingerprint density at radius 2 is 1.81 bits per heavy atom. The highest BCUT2D eigenvalue weighted by Crippen LogP contribution is 2.36. The third kappa shape index (κ3) is 5.77. The fraction of sp³-hybridized carbons (Fsp3) is 0.222. The largest absolute Gasteiger partial charge is 0.418 e. The zero-order valence-corrected chi connectivity index (χ0v) is 14.5. The van der Waals surface area contributed by atoms with Gasteiger partial charge in [0.1, 0.15) is 0 Å². The Morgan fingerprint density at radius 3 is 2.46 bits per heavy atom. The number of amides is 2. The van der Waals surface area contributed by atoms with Gasteiger partial charge in [0.15, 0.2) is 0 Å². The van der Waals surface area contributed by atoms with Gasteiger partial charge in [-0.15, -0.1) is 0 Å². The molecule has 0 fully saturated rings. The predicted molar refractivity (Wildman–Crippen MR) is 93.0 cm³/mol. The summed E-state index contributed by atoms with van der Waals surface area (Å²) in [7, 11) is 0. The Balaban J connectivity index is 1.94. The molecular formula is C18H16ClF3N2O2. The number of aryl methyl sites for hydroxylation is 1. The van der Waals surface area contributed by atoms with Gasteiger partial charge in [-0.3, -0.25) is 9.59 Å². The van der Waals surface area contributed by atoms with Crippen LogP contribution in [0.15, 0.2) is 42.5 Å². The van der Waals surface area contributed by atoms with E-state index in [0.29, 0.717) is 0 Å². The van der Waals surface area contributed by atoms with Crippen molar-refractivity contribution in [2.75, 3.05) is 11.9 Å². The molecule has 4 nitrogen and oxygen atoms in total. The van der Waals surface area contributed by atoms with E-state index in [1.807, 2.05) is 25.1 Å². The highest BCUT2D eigenvalue weighted by molar-refractivity contribution is 6.30. The molecule has 2 amide bonds. The molecule has 0 aliphatic rings. The highest BCUT2D eigenvalue weighted by atomic mass is 35.5. The molecular weight excluding hydrogens is 369 g/mol. The SMILES string of the molecule is Cc1cccc(CC(=O)NCC(=O)Nc2ccc(Cl)cc2C(F)(F)F)c1. The van der Waals surface area contributed by atoms with Crippen molar-refractivity contribution in [3.63, 3.8) is 0 Å². The molecule has 0 radical (unpaired) electrons. The molecule has 26 heavy (non-hydrogen) atoms. The summed E-state index contributed by atoms with van der Waals surface area (Å²) < 4.78 is 39.0. The third-order valence-electron chi connectivity index (χ3n) is 3.45. The van der Waals surface area contributed by atoms with Gasteiger partial charge in [0, 0.05) is 5.02 Å². The molecule has 0 aliphatic carbocycles. The molecule has 2 aromatic carbocycles. The van der Waals surface area contributed by atoms with Crippen LogP contribution >= 0.6 is 11.6 Å². The van der Waals surface area contributed by atoms with Crippen molar-refractivity contribution in [1.29, 1.82) is 0 Å². The number of alkyl halides is 3. The number of anilines is 1. The van der Waals surface area contributed by atoms with Crippen LogP contribution in [0.1, 0.15) is 16.7 Å². The minimum absolute atomic E-state index is 0.0731. The number of hydrogen-bond donors (Lipinski definition) is 2. The second-order valence-electron chi connectivity index (χ2n) is 5.68. The number of carbonyl (C=O) groups is 2. The van der Waals surface area contributed by atoms with E-state index in [0.717, 1.165) is 23.3 Å². The average molecular weight is 385 g/mol. The first-order valence-electron chi connectivity index (χ1n) is 7.64. The molecule has 0 saturated carbocycles. The van der Waals surface area contributed by atoms with Crippen LogP contribution in [0.5, 0.6) is 0 Å². The van der Waals surface area contributed by atoms with E-state index in [-0.39, 0.29) is 11.4 Å². The van der Waals surface area contributed by atoms with Crippen LogP contribution in [0, 0.1) is 6.92 Å². The lowest BCUT2D eigenvalue weighted by Gasteiger charge is -2.14. The van der Waals surface area contributed by atoms with Gasteiger partial charge in [-0.25, -0.2) is 0 Å². The van der Waals surface area contributed by atoms with Crippen LogP contribution in [0.3, 0.4) is 0 Å². The lowest BCUT2D eigenvalue weighted by molar-refractivity contribution is -0.137. The Morgan fingerprint density at radius 1 is 1.08 bits per heavy atom. The second kappa shape index (κ2) is 8.23. The van der Waals surface area contributed by atoms with E-state index in [1.54, 1.807) is 6.07 Å². The van der Waals surface area contributed by atoms with E-state index in [1.165, 1.54) is 6.07 Å². The standard InChI is InChI=1S/C18H16ClF3N2O2/c1-11-3-2-4-12(7-11)8-16(25)23-10-17(26)24-15-6-5-13(19)9-14(15)18(20,21)22/h2-7,9H,8,10H2,1H3,(H,23,25)(H,24,26). The number of hydrogen-bond acceptors (Lipinski definition) is 2. The maximum atomic E-state index is 13.0. The lowest BCUT2D eigenvalue weighted by Crippen LogP contribution is -2.34. The van der Waals surface area contributed by atoms with Crippen molar-refractivity contribution >= 4 is 29.1 Å². The van der Waals surface area contributed by atoms with Crippen LogP contribution in [0.4, 0.5) is 18.9 Å². The van der Waals surface area contributed by atoms with E-state index in [4.69, 9.17) is 11.6 Å². The topological polar surface area (TPSA) is 58.2 Å². The lowest BCUT2D eigenvalue weighted by atomic mass is 10.1. The Kier molecular flexibility index (Phi) is 6.26. The zero-order chi connectivity index (χ0) is 19.3. The molecule has 0 saturated heterocycles. The van der Waals surface area contributed by atoms with Gasteiger partial charge in [0.05, 0.1) is 24.2 Å². The van der Waals surface area contributed by atoms with Gasteiger partial charge < -0.3 is 10.6 Å². The van der Waals surface area contributed by atoms with Gasteiger partial charge in [-0.2, -0.15) is 13.2 Å². The molecule has 8 heteroatoms. The molecule has 0 spiro atoms. The number of halogens is 4. The Hall–Kier alpha value is -2.54. The summed E-state index contributed by atoms with van der Waals surface area (Å²) in [5.41, 5.74) is 0.305. The summed E-state index contributed by atoms with van der Waals surface area (Å²) in [6.07, 6.45) is -4.59. The van der Waals surface area contributed by atoms with Gasteiger partial charge in [0.25, 0.3) is 0 Å². The number of rotatable bonds is 5. The van der Waals surface area contributed by atoms with Crippen LogP contribution in [-0.4, -0.2) is 18.4 Å². The first-order valence-corrected chi connectivity index (χ1v) is 8.02. The highest BCUT2D eigenvalue weighted by Gasteiger charge is 2.34. The third-order valence-corrected chi connectivity index (χ3v) is 3.69. The van der Waals surface area contributed by atoms with Gasteiger partial charge in [-0.1, -0.05) is 41.4 Å². The quantitative estimate of drug-likeness (QED) is 0.819. The monoisotopic (exact) mass is 384 g/mol. The zero-order valence-electron chi connectivity index (χ0n) is 13.8. The van der Waals surface area contributed by atoms with Crippen molar-refractivity contribution in [2.24, 2.45) is 0 Å². The fourth-order valence-electron chi connectivity index (χ4n) is 2.30. The normalized spacial score (nSPS) is 11.1. The molecule has 2 N–H and O–H groups in total. The Bertz CT molecular complexity index is 822. The van der Waals surface area contributed by atoms with Crippen molar-refractivity contribution in [1.82, 2.24) is 5.32 Å². The Labute approximate surface area is 153 Å². The smallest absolute Gasteiger partial charge is 0.347 e. The van der Waals surface area contributed by atoms with Crippen LogP contribution in [-0.2, 0) is 22.2 Å². The van der Waals surface area contributed by atoms with E-state index in [9.17, 15) is 22.8 Å². The molecule has 2 rings (SSSR count). The van der Waals surface area contributed by atoms with Crippen LogP contribution in [0.25, 0.3) is 0 Å². The van der Waals surface area contributed by atoms with Crippen molar-refractivity contribution < 1.29 is 22.8 Å². The van der Waals surface area contributed by atoms with Gasteiger partial charge in [0.2, 0.25) is 11.8 Å². The molecule has 0 unspecified atom stereocenters. The van der Waals surface area contributed by atoms with Crippen LogP contribution < -0.4 is 10.6 Å². The average Bonchev–Trinajstić information content (AvgIpc) is 2.54. The summed E-state index contributed by atoms with van der Waals surface area (Å²) in [5, 5.41) is 4.43. The molecule has 0 atom stereocenters. The van der Waals surface area contributed by atoms with Gasteiger partial charge >= 0.3 is 6.18 Å². The fourth-order valence-corrected chi connectivity index (χ4v) is 2.48. The minimum atomic E-state index is -4.66. The molecule has 0 aromatic heterocycles. The van der Waals surface area contributed by atoms with Crippen molar-refractivity contribution in [2.45, 2.75) is 19.5 Å². The number of nitrogens with one attached hydrogen (secondary N) is 2. The van der Waals surface area contributed by atoms with Crippen molar-refractivity contribution in [3.05, 3.63) is 64.2 Å². The molecule has 2 aromatic rings. The maximum Gasteiger partial charge on any atom is 0.418 e. The van der Waals surface area contributed by atoms with Crippen molar-refractivity contribution in [3.8, 4) is 0 Å². The first-order chi connectivity index (χ1) is 12.1. The van der Waals surface area contributed by atoms with E-state index < -0.39 is 35.8 Å². The van der Waals surface area contributed by atoms with E-state index >= 15 is 0 Å². The minimum Gasteiger partial charge on any atom is -0.347 e.